The minimum absolute atomic E-state index is 0.00323. The van der Waals surface area contributed by atoms with Crippen LogP contribution >= 0.6 is 0 Å². The minimum atomic E-state index is -4.36. The monoisotopic (exact) mass is 446 g/mol. The molecule has 1 unspecified atom stereocenters. The molecule has 11 heteroatoms. The van der Waals surface area contributed by atoms with Crippen molar-refractivity contribution in [1.29, 1.82) is 0 Å². The number of aliphatic hydroxyl groups is 1. The summed E-state index contributed by atoms with van der Waals surface area (Å²) in [6.45, 7) is 4.67. The van der Waals surface area contributed by atoms with Gasteiger partial charge >= 0.3 is 6.18 Å². The average Bonchev–Trinajstić information content (AvgIpc) is 3.02. The number of benzene rings is 1. The third kappa shape index (κ3) is 6.39. The Bertz CT molecular complexity index is 935. The number of alkyl halides is 3. The lowest BCUT2D eigenvalue weighted by molar-refractivity contribution is -0.136. The lowest BCUT2D eigenvalue weighted by Crippen LogP contribution is -2.54. The van der Waals surface area contributed by atoms with E-state index in [2.05, 4.69) is 15.7 Å². The molecular formula is C20H26F4N4O3. The van der Waals surface area contributed by atoms with Crippen LogP contribution in [0.4, 0.5) is 17.6 Å². The van der Waals surface area contributed by atoms with Crippen LogP contribution in [0.3, 0.4) is 0 Å². The zero-order chi connectivity index (χ0) is 23.4. The highest BCUT2D eigenvalue weighted by molar-refractivity contribution is 6.06. The van der Waals surface area contributed by atoms with Crippen LogP contribution in [0, 0.1) is 11.2 Å². The molecule has 2 amide bonds. The van der Waals surface area contributed by atoms with Crippen molar-refractivity contribution < 1.29 is 32.3 Å². The van der Waals surface area contributed by atoms with Gasteiger partial charge in [-0.15, -0.1) is 0 Å². The lowest BCUT2D eigenvalue weighted by Gasteiger charge is -2.30. The number of rotatable bonds is 8. The Morgan fingerprint density at radius 1 is 1.23 bits per heavy atom. The summed E-state index contributed by atoms with van der Waals surface area (Å²) >= 11 is 0. The van der Waals surface area contributed by atoms with Gasteiger partial charge in [-0.25, -0.2) is 4.39 Å². The van der Waals surface area contributed by atoms with Gasteiger partial charge in [0.05, 0.1) is 6.61 Å². The van der Waals surface area contributed by atoms with Crippen molar-refractivity contribution in [2.24, 2.45) is 5.41 Å². The number of aromatic nitrogens is 2. The van der Waals surface area contributed by atoms with Crippen LogP contribution in [-0.4, -0.2) is 52.1 Å². The molecule has 0 spiro atoms. The van der Waals surface area contributed by atoms with Gasteiger partial charge in [0.25, 0.3) is 5.91 Å². The van der Waals surface area contributed by atoms with Crippen molar-refractivity contribution in [3.05, 3.63) is 29.7 Å². The van der Waals surface area contributed by atoms with Gasteiger partial charge in [0.15, 0.2) is 5.69 Å². The van der Waals surface area contributed by atoms with E-state index in [1.165, 1.54) is 12.1 Å². The molecule has 2 rings (SSSR count). The van der Waals surface area contributed by atoms with Gasteiger partial charge in [0, 0.05) is 24.9 Å². The molecule has 172 valence electrons. The SMILES string of the molecule is CC(C)(C)C(NC(=O)c1nn(CCCC(F)(F)F)c2c(F)cccc12)C(=O)NCCO. The highest BCUT2D eigenvalue weighted by Crippen LogP contribution is 2.26. The first-order chi connectivity index (χ1) is 14.3. The molecule has 0 fully saturated rings. The van der Waals surface area contributed by atoms with Gasteiger partial charge in [-0.3, -0.25) is 14.3 Å². The normalized spacial score (nSPS) is 13.3. The molecule has 1 aromatic heterocycles. The summed E-state index contributed by atoms with van der Waals surface area (Å²) in [6.07, 6.45) is -5.76. The molecule has 2 aromatic rings. The zero-order valence-corrected chi connectivity index (χ0v) is 17.5. The number of carbonyl (C=O) groups is 2. The Morgan fingerprint density at radius 2 is 1.90 bits per heavy atom. The van der Waals surface area contributed by atoms with Crippen LogP contribution in [-0.2, 0) is 11.3 Å². The second-order valence-electron chi connectivity index (χ2n) is 8.21. The molecular weight excluding hydrogens is 420 g/mol. The number of aliphatic hydroxyl groups excluding tert-OH is 1. The maximum absolute atomic E-state index is 14.4. The molecule has 0 aliphatic carbocycles. The molecule has 31 heavy (non-hydrogen) atoms. The van der Waals surface area contributed by atoms with Crippen molar-refractivity contribution in [2.45, 2.75) is 52.4 Å². The number of para-hydroxylation sites is 1. The molecule has 7 nitrogen and oxygen atoms in total. The fraction of sp³-hybridized carbons (Fsp3) is 0.550. The predicted molar refractivity (Wildman–Crippen MR) is 106 cm³/mol. The summed E-state index contributed by atoms with van der Waals surface area (Å²) in [7, 11) is 0. The van der Waals surface area contributed by atoms with E-state index in [9.17, 15) is 27.2 Å². The largest absolute Gasteiger partial charge is 0.395 e. The van der Waals surface area contributed by atoms with Crippen molar-refractivity contribution in [2.75, 3.05) is 13.2 Å². The van der Waals surface area contributed by atoms with Crippen LogP contribution in [0.15, 0.2) is 18.2 Å². The van der Waals surface area contributed by atoms with Crippen LogP contribution in [0.25, 0.3) is 10.9 Å². The summed E-state index contributed by atoms with van der Waals surface area (Å²) in [5.41, 5.74) is -0.969. The number of nitrogens with one attached hydrogen (secondary N) is 2. The standard InChI is InChI=1S/C20H26F4N4O3/c1-19(2,3)16(18(31)25-9-11-29)26-17(30)14-12-6-4-7-13(21)15(12)28(27-14)10-5-8-20(22,23)24/h4,6-7,16,29H,5,8-11H2,1-3H3,(H,25,31)(H,26,30). The van der Waals surface area contributed by atoms with E-state index in [0.717, 1.165) is 10.7 Å². The van der Waals surface area contributed by atoms with Gasteiger partial charge in [-0.05, 0) is 17.9 Å². The highest BCUT2D eigenvalue weighted by atomic mass is 19.4. The first-order valence-electron chi connectivity index (χ1n) is 9.76. The molecule has 1 atom stereocenters. The van der Waals surface area contributed by atoms with E-state index in [1.807, 2.05) is 0 Å². The second-order valence-corrected chi connectivity index (χ2v) is 8.21. The lowest BCUT2D eigenvalue weighted by atomic mass is 9.86. The van der Waals surface area contributed by atoms with Crippen LogP contribution < -0.4 is 10.6 Å². The fourth-order valence-electron chi connectivity index (χ4n) is 3.11. The van der Waals surface area contributed by atoms with E-state index in [4.69, 9.17) is 5.11 Å². The molecule has 1 aromatic carbocycles. The Labute approximate surface area is 176 Å². The Kier molecular flexibility index (Phi) is 7.63. The zero-order valence-electron chi connectivity index (χ0n) is 17.5. The van der Waals surface area contributed by atoms with Crippen LogP contribution in [0.2, 0.25) is 0 Å². The topological polar surface area (TPSA) is 96.2 Å². The Morgan fingerprint density at radius 3 is 2.48 bits per heavy atom. The molecule has 0 aliphatic heterocycles. The van der Waals surface area contributed by atoms with Crippen LogP contribution in [0.1, 0.15) is 44.1 Å². The average molecular weight is 446 g/mol. The maximum Gasteiger partial charge on any atom is 0.389 e. The number of aryl methyl sites for hydroxylation is 1. The highest BCUT2D eigenvalue weighted by Gasteiger charge is 2.34. The van der Waals surface area contributed by atoms with Gasteiger partial charge in [0.1, 0.15) is 17.4 Å². The number of halogens is 4. The number of carbonyl (C=O) groups excluding carboxylic acids is 2. The van der Waals surface area contributed by atoms with Crippen molar-refractivity contribution >= 4 is 22.7 Å². The fourth-order valence-corrected chi connectivity index (χ4v) is 3.11. The first-order valence-corrected chi connectivity index (χ1v) is 9.76. The van der Waals surface area contributed by atoms with Crippen molar-refractivity contribution in [1.82, 2.24) is 20.4 Å². The molecule has 1 heterocycles. The quantitative estimate of drug-likeness (QED) is 0.544. The van der Waals surface area contributed by atoms with E-state index in [-0.39, 0.29) is 42.7 Å². The van der Waals surface area contributed by atoms with Gasteiger partial charge < -0.3 is 15.7 Å². The summed E-state index contributed by atoms with van der Waals surface area (Å²) in [4.78, 5) is 25.4. The van der Waals surface area contributed by atoms with E-state index >= 15 is 0 Å². The third-order valence-corrected chi connectivity index (χ3v) is 4.58. The number of amides is 2. The van der Waals surface area contributed by atoms with E-state index in [0.29, 0.717) is 0 Å². The van der Waals surface area contributed by atoms with Gasteiger partial charge in [0.2, 0.25) is 5.91 Å². The second kappa shape index (κ2) is 9.63. The molecule has 0 aliphatic rings. The number of hydrogen-bond donors (Lipinski definition) is 3. The van der Waals surface area contributed by atoms with Gasteiger partial charge in [-0.1, -0.05) is 32.9 Å². The summed E-state index contributed by atoms with van der Waals surface area (Å²) in [6, 6.07) is 2.95. The molecule has 0 radical (unpaired) electrons. The summed E-state index contributed by atoms with van der Waals surface area (Å²) < 4.78 is 52.9. The summed E-state index contributed by atoms with van der Waals surface area (Å²) in [5.74, 6) is -2.00. The van der Waals surface area contributed by atoms with Crippen molar-refractivity contribution in [3.63, 3.8) is 0 Å². The molecule has 3 N–H and O–H groups in total. The first kappa shape index (κ1) is 24.6. The maximum atomic E-state index is 14.4. The number of fused-ring (bicyclic) bond motifs is 1. The Hall–Kier alpha value is -2.69. The predicted octanol–water partition coefficient (Wildman–Crippen LogP) is 2.77. The molecule has 0 saturated carbocycles. The smallest absolute Gasteiger partial charge is 0.389 e. The minimum Gasteiger partial charge on any atom is -0.395 e. The van der Waals surface area contributed by atoms with E-state index in [1.54, 1.807) is 20.8 Å². The molecule has 0 saturated heterocycles. The van der Waals surface area contributed by atoms with Crippen molar-refractivity contribution in [3.8, 4) is 0 Å². The number of hydrogen-bond acceptors (Lipinski definition) is 4. The Balaban J connectivity index is 2.35. The van der Waals surface area contributed by atoms with E-state index < -0.39 is 41.7 Å². The van der Waals surface area contributed by atoms with Crippen LogP contribution in [0.5, 0.6) is 0 Å². The van der Waals surface area contributed by atoms with Gasteiger partial charge in [-0.2, -0.15) is 18.3 Å². The summed E-state index contributed by atoms with van der Waals surface area (Å²) in [5, 5.41) is 18.2. The third-order valence-electron chi connectivity index (χ3n) is 4.58. The molecule has 0 bridgehead atoms. The number of nitrogens with zero attached hydrogens (tertiary/aromatic N) is 2.